The lowest BCUT2D eigenvalue weighted by molar-refractivity contribution is 0.281. The maximum Gasteiger partial charge on any atom is 0.165 e. The summed E-state index contributed by atoms with van der Waals surface area (Å²) in [4.78, 5) is 4.12. The minimum Gasteiger partial charge on any atom is -0.486 e. The molecule has 0 saturated carbocycles. The van der Waals surface area contributed by atoms with E-state index in [1.807, 2.05) is 13.8 Å². The van der Waals surface area contributed by atoms with E-state index in [1.165, 1.54) is 12.4 Å². The van der Waals surface area contributed by atoms with Crippen LogP contribution in [0.2, 0.25) is 0 Å². The summed E-state index contributed by atoms with van der Waals surface area (Å²) < 4.78 is 20.8. The first-order valence-corrected chi connectivity index (χ1v) is 6.11. The highest BCUT2D eigenvalue weighted by Gasteiger charge is 2.09. The van der Waals surface area contributed by atoms with Gasteiger partial charge in [0.25, 0.3) is 0 Å². The first-order valence-electron chi connectivity index (χ1n) is 6.11. The molecule has 1 aromatic heterocycles. The number of nitrogens with two attached hydrogens (primary N) is 1. The first-order chi connectivity index (χ1) is 9.11. The number of nitrogens with zero attached hydrogens (tertiary/aromatic N) is 3. The smallest absolute Gasteiger partial charge is 0.165 e. The average Bonchev–Trinajstić information content (AvgIpc) is 2.85. The normalized spacial score (nSPS) is 11.0. The summed E-state index contributed by atoms with van der Waals surface area (Å²) in [5, 5.41) is 4.11. The zero-order valence-electron chi connectivity index (χ0n) is 11.0. The number of hydrogen-bond acceptors (Lipinski definition) is 4. The topological polar surface area (TPSA) is 66.0 Å². The Balaban J connectivity index is 2.06. The van der Waals surface area contributed by atoms with Crippen LogP contribution in [0.25, 0.3) is 0 Å². The molecule has 1 heterocycles. The summed E-state index contributed by atoms with van der Waals surface area (Å²) in [5.41, 5.74) is 5.87. The number of benzene rings is 1. The van der Waals surface area contributed by atoms with Crippen LogP contribution >= 0.6 is 0 Å². The van der Waals surface area contributed by atoms with Crippen LogP contribution in [-0.2, 0) is 13.2 Å². The van der Waals surface area contributed by atoms with E-state index in [4.69, 9.17) is 10.5 Å². The van der Waals surface area contributed by atoms with Crippen molar-refractivity contribution in [3.63, 3.8) is 0 Å². The van der Waals surface area contributed by atoms with Gasteiger partial charge in [-0.3, -0.25) is 0 Å². The third-order valence-corrected chi connectivity index (χ3v) is 2.75. The molecule has 0 bridgehead atoms. The molecule has 1 aromatic carbocycles. The molecule has 2 N–H and O–H groups in total. The average molecular weight is 264 g/mol. The Kier molecular flexibility index (Phi) is 4.11. The second-order valence-electron chi connectivity index (χ2n) is 4.46. The van der Waals surface area contributed by atoms with E-state index in [-0.39, 0.29) is 25.0 Å². The van der Waals surface area contributed by atoms with Crippen LogP contribution < -0.4 is 10.5 Å². The van der Waals surface area contributed by atoms with Crippen LogP contribution in [0.1, 0.15) is 31.3 Å². The fourth-order valence-electron chi connectivity index (χ4n) is 1.74. The molecule has 0 spiro atoms. The Morgan fingerprint density at radius 3 is 2.84 bits per heavy atom. The van der Waals surface area contributed by atoms with Gasteiger partial charge in [-0.15, -0.1) is 0 Å². The Hall–Kier alpha value is -1.95. The molecule has 5 nitrogen and oxygen atoms in total. The van der Waals surface area contributed by atoms with Crippen LogP contribution in [0.5, 0.6) is 5.75 Å². The molecule has 0 unspecified atom stereocenters. The largest absolute Gasteiger partial charge is 0.486 e. The minimum absolute atomic E-state index is 0.174. The monoisotopic (exact) mass is 264 g/mol. The maximum absolute atomic E-state index is 13.5. The van der Waals surface area contributed by atoms with E-state index in [0.717, 1.165) is 0 Å². The van der Waals surface area contributed by atoms with E-state index in [9.17, 15) is 4.39 Å². The molecular weight excluding hydrogens is 247 g/mol. The molecule has 0 atom stereocenters. The Bertz CT molecular complexity index is 553. The van der Waals surface area contributed by atoms with Crippen molar-refractivity contribution >= 4 is 0 Å². The molecule has 0 aliphatic rings. The minimum atomic E-state index is -0.356. The van der Waals surface area contributed by atoms with Gasteiger partial charge in [-0.25, -0.2) is 14.1 Å². The summed E-state index contributed by atoms with van der Waals surface area (Å²) in [6.45, 7) is 4.44. The standard InChI is InChI=1S/C13H17FN4O/c1-9(2)18-13(16-8-17-18)7-19-11-4-3-10(6-15)12(14)5-11/h3-5,8-9H,6-7,15H2,1-2H3. The zero-order chi connectivity index (χ0) is 13.8. The summed E-state index contributed by atoms with van der Waals surface area (Å²) in [6, 6.07) is 4.86. The summed E-state index contributed by atoms with van der Waals surface area (Å²) >= 11 is 0. The highest BCUT2D eigenvalue weighted by molar-refractivity contribution is 5.28. The van der Waals surface area contributed by atoms with Crippen molar-refractivity contribution in [2.75, 3.05) is 0 Å². The Morgan fingerprint density at radius 2 is 2.21 bits per heavy atom. The van der Waals surface area contributed by atoms with Gasteiger partial charge in [-0.2, -0.15) is 5.10 Å². The number of hydrogen-bond donors (Lipinski definition) is 1. The Labute approximate surface area is 111 Å². The fraction of sp³-hybridized carbons (Fsp3) is 0.385. The number of halogens is 1. The lowest BCUT2D eigenvalue weighted by atomic mass is 10.2. The fourth-order valence-corrected chi connectivity index (χ4v) is 1.74. The van der Waals surface area contributed by atoms with Gasteiger partial charge in [0.2, 0.25) is 0 Å². The van der Waals surface area contributed by atoms with Gasteiger partial charge in [-0.05, 0) is 19.9 Å². The molecule has 0 aliphatic carbocycles. The molecule has 0 fully saturated rings. The molecule has 0 aliphatic heterocycles. The molecule has 2 aromatic rings. The molecule has 102 valence electrons. The highest BCUT2D eigenvalue weighted by atomic mass is 19.1. The van der Waals surface area contributed by atoms with Gasteiger partial charge in [-0.1, -0.05) is 6.07 Å². The van der Waals surface area contributed by atoms with Crippen molar-refractivity contribution in [3.05, 3.63) is 41.7 Å². The highest BCUT2D eigenvalue weighted by Crippen LogP contribution is 2.17. The van der Waals surface area contributed by atoms with Gasteiger partial charge >= 0.3 is 0 Å². The van der Waals surface area contributed by atoms with E-state index < -0.39 is 0 Å². The van der Waals surface area contributed by atoms with Crippen LogP contribution in [0.3, 0.4) is 0 Å². The van der Waals surface area contributed by atoms with Gasteiger partial charge in [0.05, 0.1) is 0 Å². The van der Waals surface area contributed by atoms with Crippen LogP contribution in [0.4, 0.5) is 4.39 Å². The van der Waals surface area contributed by atoms with E-state index in [2.05, 4.69) is 10.1 Å². The number of ether oxygens (including phenoxy) is 1. The van der Waals surface area contributed by atoms with Crippen LogP contribution in [-0.4, -0.2) is 14.8 Å². The third-order valence-electron chi connectivity index (χ3n) is 2.75. The van der Waals surface area contributed by atoms with E-state index >= 15 is 0 Å². The summed E-state index contributed by atoms with van der Waals surface area (Å²) in [6.07, 6.45) is 1.48. The molecule has 0 radical (unpaired) electrons. The van der Waals surface area contributed by atoms with Crippen LogP contribution in [0.15, 0.2) is 24.5 Å². The first kappa shape index (κ1) is 13.5. The molecule has 2 rings (SSSR count). The van der Waals surface area contributed by atoms with Crippen molar-refractivity contribution in [1.29, 1.82) is 0 Å². The van der Waals surface area contributed by atoms with Crippen molar-refractivity contribution < 1.29 is 9.13 Å². The molecular formula is C13H17FN4O. The lowest BCUT2D eigenvalue weighted by Gasteiger charge is -2.11. The van der Waals surface area contributed by atoms with Crippen molar-refractivity contribution in [1.82, 2.24) is 14.8 Å². The van der Waals surface area contributed by atoms with Gasteiger partial charge < -0.3 is 10.5 Å². The second kappa shape index (κ2) is 5.79. The summed E-state index contributed by atoms with van der Waals surface area (Å²) in [7, 11) is 0. The van der Waals surface area contributed by atoms with Crippen LogP contribution in [0, 0.1) is 5.82 Å². The molecule has 6 heteroatoms. The van der Waals surface area contributed by atoms with Gasteiger partial charge in [0, 0.05) is 24.2 Å². The van der Waals surface area contributed by atoms with Crippen molar-refractivity contribution in [3.8, 4) is 5.75 Å². The molecule has 19 heavy (non-hydrogen) atoms. The SMILES string of the molecule is CC(C)n1ncnc1COc1ccc(CN)c(F)c1. The molecule has 0 saturated heterocycles. The maximum atomic E-state index is 13.5. The number of rotatable bonds is 5. The van der Waals surface area contributed by atoms with E-state index in [0.29, 0.717) is 17.1 Å². The van der Waals surface area contributed by atoms with Gasteiger partial charge in [0.15, 0.2) is 5.82 Å². The summed E-state index contributed by atoms with van der Waals surface area (Å²) in [5.74, 6) is 0.802. The Morgan fingerprint density at radius 1 is 1.42 bits per heavy atom. The predicted octanol–water partition coefficient (Wildman–Crippen LogP) is 2.04. The van der Waals surface area contributed by atoms with E-state index in [1.54, 1.807) is 16.8 Å². The zero-order valence-corrected chi connectivity index (χ0v) is 11.0. The third kappa shape index (κ3) is 3.08. The molecule has 0 amide bonds. The second-order valence-corrected chi connectivity index (χ2v) is 4.46. The van der Waals surface area contributed by atoms with Crippen molar-refractivity contribution in [2.45, 2.75) is 33.0 Å². The number of aromatic nitrogens is 3. The quantitative estimate of drug-likeness (QED) is 0.897. The van der Waals surface area contributed by atoms with Gasteiger partial charge in [0.1, 0.15) is 24.5 Å². The lowest BCUT2D eigenvalue weighted by Crippen LogP contribution is -2.11. The predicted molar refractivity (Wildman–Crippen MR) is 69.0 cm³/mol. The van der Waals surface area contributed by atoms with Crippen molar-refractivity contribution in [2.24, 2.45) is 5.73 Å².